The molecule has 182 valence electrons. The molecule has 0 aliphatic heterocycles. The lowest BCUT2D eigenvalue weighted by molar-refractivity contribution is 0.399. The van der Waals surface area contributed by atoms with Gasteiger partial charge in [0.2, 0.25) is 5.88 Å². The van der Waals surface area contributed by atoms with Crippen molar-refractivity contribution in [1.29, 1.82) is 0 Å². The van der Waals surface area contributed by atoms with Crippen LogP contribution in [0.25, 0.3) is 21.9 Å². The van der Waals surface area contributed by atoms with E-state index >= 15 is 8.78 Å². The molecule has 5 aromatic rings. The lowest BCUT2D eigenvalue weighted by Gasteiger charge is -2.14. The van der Waals surface area contributed by atoms with Gasteiger partial charge in [-0.1, -0.05) is 12.1 Å². The van der Waals surface area contributed by atoms with E-state index in [1.54, 1.807) is 31.5 Å². The highest BCUT2D eigenvalue weighted by Gasteiger charge is 2.16. The molecule has 0 aliphatic rings. The minimum Gasteiger partial charge on any atom is -0.497 e. The summed E-state index contributed by atoms with van der Waals surface area (Å²) >= 11 is 1.32. The van der Waals surface area contributed by atoms with Crippen LogP contribution in [0.2, 0.25) is 0 Å². The number of ether oxygens (including phenoxy) is 2. The third-order valence-corrected chi connectivity index (χ3v) is 6.90. The number of benzene rings is 2. The Morgan fingerprint density at radius 3 is 2.39 bits per heavy atom. The smallest absolute Gasteiger partial charge is 0.251 e. The Labute approximate surface area is 209 Å². The normalized spacial score (nSPS) is 11.2. The average molecular weight is 506 g/mol. The van der Waals surface area contributed by atoms with Crippen LogP contribution in [-0.2, 0) is 12.3 Å². The maximum atomic E-state index is 15.1. The molecule has 36 heavy (non-hydrogen) atoms. The van der Waals surface area contributed by atoms with Crippen LogP contribution in [0.5, 0.6) is 11.6 Å². The molecule has 0 N–H and O–H groups in total. The zero-order valence-electron chi connectivity index (χ0n) is 19.5. The standard InChI is InChI=1S/C27H21F2N3O3S/c1-34-18-6-3-16(4-7-18)15-36-19-11-22(28)21(23(29)12-19)14-32-25(33)10-5-17-13-30-27-20(26(17)32)8-9-24(31-27)35-2/h3-13H,14-15H2,1-2H3. The molecule has 0 aliphatic carbocycles. The highest BCUT2D eigenvalue weighted by atomic mass is 32.2. The third kappa shape index (κ3) is 4.61. The van der Waals surface area contributed by atoms with Gasteiger partial charge in [-0.15, -0.1) is 11.8 Å². The molecule has 0 atom stereocenters. The lowest BCUT2D eigenvalue weighted by Crippen LogP contribution is -2.21. The second-order valence-electron chi connectivity index (χ2n) is 8.05. The average Bonchev–Trinajstić information content (AvgIpc) is 2.90. The number of rotatable bonds is 7. The Morgan fingerprint density at radius 1 is 0.944 bits per heavy atom. The van der Waals surface area contributed by atoms with Crippen LogP contribution >= 0.6 is 11.8 Å². The van der Waals surface area contributed by atoms with Gasteiger partial charge in [-0.25, -0.2) is 13.8 Å². The topological polar surface area (TPSA) is 66.2 Å². The molecule has 0 saturated heterocycles. The Balaban J connectivity index is 1.49. The molecule has 0 saturated carbocycles. The molecular weight excluding hydrogens is 484 g/mol. The summed E-state index contributed by atoms with van der Waals surface area (Å²) in [5, 5.41) is 1.24. The van der Waals surface area contributed by atoms with Crippen LogP contribution < -0.4 is 15.0 Å². The quantitative estimate of drug-likeness (QED) is 0.213. The van der Waals surface area contributed by atoms with Crippen molar-refractivity contribution in [3.63, 3.8) is 0 Å². The first-order valence-electron chi connectivity index (χ1n) is 11.0. The molecule has 3 heterocycles. The Bertz CT molecular complexity index is 1620. The zero-order chi connectivity index (χ0) is 25.2. The molecule has 5 rings (SSSR count). The first kappa shape index (κ1) is 23.7. The van der Waals surface area contributed by atoms with Crippen LogP contribution in [0.4, 0.5) is 8.78 Å². The van der Waals surface area contributed by atoms with Crippen LogP contribution in [-0.4, -0.2) is 28.8 Å². The van der Waals surface area contributed by atoms with Gasteiger partial charge in [0.1, 0.15) is 17.4 Å². The summed E-state index contributed by atoms with van der Waals surface area (Å²) in [7, 11) is 3.09. The van der Waals surface area contributed by atoms with Crippen molar-refractivity contribution in [3.05, 3.63) is 100.0 Å². The summed E-state index contributed by atoms with van der Waals surface area (Å²) < 4.78 is 41.9. The first-order chi connectivity index (χ1) is 17.5. The van der Waals surface area contributed by atoms with E-state index in [2.05, 4.69) is 9.97 Å². The van der Waals surface area contributed by atoms with E-state index < -0.39 is 11.6 Å². The highest BCUT2D eigenvalue weighted by Crippen LogP contribution is 2.29. The van der Waals surface area contributed by atoms with Crippen molar-refractivity contribution in [1.82, 2.24) is 14.5 Å². The van der Waals surface area contributed by atoms with E-state index in [-0.39, 0.29) is 17.7 Å². The number of pyridine rings is 3. The third-order valence-electron chi connectivity index (χ3n) is 5.85. The molecule has 0 spiro atoms. The van der Waals surface area contributed by atoms with Gasteiger partial charge in [-0.3, -0.25) is 4.79 Å². The molecule has 0 fully saturated rings. The molecular formula is C27H21F2N3O3S. The summed E-state index contributed by atoms with van der Waals surface area (Å²) in [6.45, 7) is -0.275. The predicted octanol–water partition coefficient (Wildman–Crippen LogP) is 5.58. The van der Waals surface area contributed by atoms with Crippen LogP contribution in [0.15, 0.2) is 76.6 Å². The molecule has 9 heteroatoms. The number of thioether (sulfide) groups is 1. The number of hydrogen-bond donors (Lipinski definition) is 0. The number of hydrogen-bond acceptors (Lipinski definition) is 6. The zero-order valence-corrected chi connectivity index (χ0v) is 20.3. The van der Waals surface area contributed by atoms with Crippen molar-refractivity contribution in [2.45, 2.75) is 17.2 Å². The fourth-order valence-corrected chi connectivity index (χ4v) is 4.88. The Morgan fingerprint density at radius 2 is 1.69 bits per heavy atom. The van der Waals surface area contributed by atoms with E-state index in [1.165, 1.54) is 41.6 Å². The highest BCUT2D eigenvalue weighted by molar-refractivity contribution is 7.98. The summed E-state index contributed by atoms with van der Waals surface area (Å²) in [5.74, 6) is 0.232. The SMILES string of the molecule is COc1ccc(CSc2cc(F)c(Cn3c(=O)ccc4cnc5nc(OC)ccc5c43)c(F)c2)cc1. The number of nitrogens with zero attached hydrogens (tertiary/aromatic N) is 3. The molecule has 2 aromatic carbocycles. The van der Waals surface area contributed by atoms with Gasteiger partial charge in [0.25, 0.3) is 5.56 Å². The van der Waals surface area contributed by atoms with Crippen LogP contribution in [0.1, 0.15) is 11.1 Å². The largest absolute Gasteiger partial charge is 0.497 e. The van der Waals surface area contributed by atoms with E-state index in [1.807, 2.05) is 24.3 Å². The van der Waals surface area contributed by atoms with Crippen molar-refractivity contribution < 1.29 is 18.3 Å². The van der Waals surface area contributed by atoms with Crippen LogP contribution in [0.3, 0.4) is 0 Å². The van der Waals surface area contributed by atoms with Crippen molar-refractivity contribution in [3.8, 4) is 11.6 Å². The summed E-state index contributed by atoms with van der Waals surface area (Å²) in [4.78, 5) is 21.9. The second kappa shape index (κ2) is 9.94. The van der Waals surface area contributed by atoms with Gasteiger partial charge in [-0.2, -0.15) is 4.98 Å². The van der Waals surface area contributed by atoms with Gasteiger partial charge in [0, 0.05) is 45.3 Å². The number of aromatic nitrogens is 3. The van der Waals surface area contributed by atoms with Gasteiger partial charge >= 0.3 is 0 Å². The fraction of sp³-hybridized carbons (Fsp3) is 0.148. The van der Waals surface area contributed by atoms with Gasteiger partial charge < -0.3 is 14.0 Å². The maximum absolute atomic E-state index is 15.1. The van der Waals surface area contributed by atoms with Gasteiger partial charge in [0.15, 0.2) is 5.65 Å². The van der Waals surface area contributed by atoms with E-state index in [4.69, 9.17) is 9.47 Å². The molecule has 0 radical (unpaired) electrons. The summed E-state index contributed by atoms with van der Waals surface area (Å²) in [6, 6.07) is 16.5. The molecule has 6 nitrogen and oxygen atoms in total. The van der Waals surface area contributed by atoms with Crippen molar-refractivity contribution in [2.24, 2.45) is 0 Å². The molecule has 0 unspecified atom stereocenters. The van der Waals surface area contributed by atoms with E-state index in [0.29, 0.717) is 38.5 Å². The van der Waals surface area contributed by atoms with E-state index in [9.17, 15) is 4.79 Å². The Hall–Kier alpha value is -3.98. The second-order valence-corrected chi connectivity index (χ2v) is 9.10. The molecule has 0 amide bonds. The van der Waals surface area contributed by atoms with Gasteiger partial charge in [-0.05, 0) is 42.0 Å². The molecule has 0 bridgehead atoms. The minimum absolute atomic E-state index is 0.190. The minimum atomic E-state index is -0.714. The summed E-state index contributed by atoms with van der Waals surface area (Å²) in [6.07, 6.45) is 1.58. The van der Waals surface area contributed by atoms with E-state index in [0.717, 1.165) is 11.3 Å². The summed E-state index contributed by atoms with van der Waals surface area (Å²) in [5.41, 5.74) is 1.29. The predicted molar refractivity (Wildman–Crippen MR) is 136 cm³/mol. The van der Waals surface area contributed by atoms with Crippen molar-refractivity contribution >= 4 is 33.7 Å². The number of halogens is 2. The van der Waals surface area contributed by atoms with Gasteiger partial charge in [0.05, 0.1) is 26.3 Å². The Kier molecular flexibility index (Phi) is 6.56. The lowest BCUT2D eigenvalue weighted by atomic mass is 10.1. The maximum Gasteiger partial charge on any atom is 0.251 e. The first-order valence-corrected chi connectivity index (χ1v) is 12.0. The molecule has 3 aromatic heterocycles. The van der Waals surface area contributed by atoms with Crippen LogP contribution in [0, 0.1) is 11.6 Å². The monoisotopic (exact) mass is 505 g/mol. The van der Waals surface area contributed by atoms with Crippen molar-refractivity contribution in [2.75, 3.05) is 14.2 Å². The number of fused-ring (bicyclic) bond motifs is 3. The number of methoxy groups -OCH3 is 2. The fourth-order valence-electron chi connectivity index (χ4n) is 3.98.